The quantitative estimate of drug-likeness (QED) is 0.0610. The number of hydrogen-bond donors (Lipinski definition) is 0. The predicted molar refractivity (Wildman–Crippen MR) is 229 cm³/mol. The minimum absolute atomic E-state index is 0.0498. The summed E-state index contributed by atoms with van der Waals surface area (Å²) in [4.78, 5) is 13.2. The Morgan fingerprint density at radius 3 is 2.45 bits per heavy atom. The van der Waals surface area contributed by atoms with Crippen LogP contribution in [0.3, 0.4) is 0 Å². The number of aryl methyl sites for hydroxylation is 3. The molecule has 0 N–H and O–H groups in total. The van der Waals surface area contributed by atoms with Gasteiger partial charge in [-0.15, -0.1) is 5.10 Å². The number of nitrogens with zero attached hydrogens (tertiary/aromatic N) is 4. The summed E-state index contributed by atoms with van der Waals surface area (Å²) in [7, 11) is -2.52. The second-order valence-corrected chi connectivity index (χ2v) is 16.7. The van der Waals surface area contributed by atoms with Crippen molar-refractivity contribution in [3.8, 4) is 17.2 Å². The van der Waals surface area contributed by atoms with Crippen molar-refractivity contribution < 1.29 is 36.3 Å². The van der Waals surface area contributed by atoms with Gasteiger partial charge in [-0.05, 0) is 109 Å². The third kappa shape index (κ3) is 10.1. The zero-order valence-corrected chi connectivity index (χ0v) is 35.8. The lowest BCUT2D eigenvalue weighted by Gasteiger charge is -2.29. The van der Waals surface area contributed by atoms with E-state index in [9.17, 15) is 13.2 Å². The molecule has 0 aliphatic carbocycles. The molecule has 0 saturated heterocycles. The Hall–Kier alpha value is -5.47. The first-order valence-electron chi connectivity index (χ1n) is 20.0. The number of carbonyl (C=O) groups excluding carboxylic acids is 1. The van der Waals surface area contributed by atoms with Gasteiger partial charge in [0.1, 0.15) is 29.4 Å². The SMILES string of the molecule is CCOC(=O)CC(c1cc(C)c(Cl)c(CN2Cc3cc(OCc4ccccc4)ccc3OS2(=O)=O)c1)c1ccc2c(nnn2CCCCOCc2ccc(OC)cc2)c1C. The summed E-state index contributed by atoms with van der Waals surface area (Å²) in [5, 5.41) is 9.49. The summed E-state index contributed by atoms with van der Waals surface area (Å²) in [6, 6.07) is 30.6. The fourth-order valence-electron chi connectivity index (χ4n) is 7.44. The first kappa shape index (κ1) is 42.6. The van der Waals surface area contributed by atoms with Crippen LogP contribution in [0.4, 0.5) is 0 Å². The highest BCUT2D eigenvalue weighted by atomic mass is 35.5. The summed E-state index contributed by atoms with van der Waals surface area (Å²) < 4.78 is 58.3. The normalized spacial score (nSPS) is 14.0. The molecule has 0 fully saturated rings. The van der Waals surface area contributed by atoms with E-state index < -0.39 is 16.2 Å². The summed E-state index contributed by atoms with van der Waals surface area (Å²) in [5.41, 5.74) is 8.27. The molecule has 0 amide bonds. The first-order chi connectivity index (χ1) is 29.0. The summed E-state index contributed by atoms with van der Waals surface area (Å²) in [5.74, 6) is 0.855. The van der Waals surface area contributed by atoms with Crippen LogP contribution >= 0.6 is 11.6 Å². The highest BCUT2D eigenvalue weighted by Crippen LogP contribution is 2.39. The topological polar surface area (TPSA) is 131 Å². The van der Waals surface area contributed by atoms with E-state index in [1.807, 2.05) is 97.4 Å². The molecular weight excluding hydrogens is 804 g/mol. The lowest BCUT2D eigenvalue weighted by atomic mass is 9.84. The molecule has 7 rings (SSSR count). The molecule has 0 bridgehead atoms. The zero-order valence-electron chi connectivity index (χ0n) is 34.2. The highest BCUT2D eigenvalue weighted by Gasteiger charge is 2.33. The molecule has 1 aliphatic heterocycles. The van der Waals surface area contributed by atoms with Crippen molar-refractivity contribution in [2.45, 2.75) is 78.8 Å². The molecule has 1 aromatic heterocycles. The first-order valence-corrected chi connectivity index (χ1v) is 21.7. The predicted octanol–water partition coefficient (Wildman–Crippen LogP) is 9.01. The third-order valence-corrected chi connectivity index (χ3v) is 12.4. The molecule has 12 nitrogen and oxygen atoms in total. The molecule has 5 aromatic carbocycles. The van der Waals surface area contributed by atoms with Crippen LogP contribution in [0.1, 0.15) is 76.6 Å². The van der Waals surface area contributed by atoms with Crippen molar-refractivity contribution in [1.29, 1.82) is 0 Å². The van der Waals surface area contributed by atoms with Crippen LogP contribution in [-0.2, 0) is 57.4 Å². The third-order valence-electron chi connectivity index (χ3n) is 10.6. The zero-order chi connectivity index (χ0) is 42.2. The number of rotatable bonds is 18. The van der Waals surface area contributed by atoms with Gasteiger partial charge < -0.3 is 23.1 Å². The van der Waals surface area contributed by atoms with E-state index in [0.29, 0.717) is 48.3 Å². The van der Waals surface area contributed by atoms with E-state index in [0.717, 1.165) is 63.0 Å². The van der Waals surface area contributed by atoms with E-state index in [-0.39, 0.29) is 37.8 Å². The Labute approximate surface area is 356 Å². The number of hydrogen-bond acceptors (Lipinski definition) is 10. The number of benzene rings is 5. The Morgan fingerprint density at radius 1 is 0.917 bits per heavy atom. The Bertz CT molecular complexity index is 2550. The van der Waals surface area contributed by atoms with Gasteiger partial charge >= 0.3 is 16.3 Å². The Balaban J connectivity index is 1.08. The molecule has 2 heterocycles. The van der Waals surface area contributed by atoms with Gasteiger partial charge in [-0.1, -0.05) is 77.5 Å². The monoisotopic (exact) mass is 852 g/mol. The molecule has 1 aliphatic rings. The van der Waals surface area contributed by atoms with Crippen molar-refractivity contribution in [2.75, 3.05) is 20.3 Å². The van der Waals surface area contributed by atoms with Gasteiger partial charge in [0.2, 0.25) is 0 Å². The van der Waals surface area contributed by atoms with Gasteiger partial charge in [-0.25, -0.2) is 4.68 Å². The summed E-state index contributed by atoms with van der Waals surface area (Å²) in [6.45, 7) is 8.05. The van der Waals surface area contributed by atoms with Gasteiger partial charge in [0.15, 0.2) is 0 Å². The second kappa shape index (κ2) is 19.3. The van der Waals surface area contributed by atoms with Gasteiger partial charge in [-0.3, -0.25) is 4.79 Å². The molecule has 314 valence electrons. The van der Waals surface area contributed by atoms with E-state index in [2.05, 4.69) is 10.3 Å². The van der Waals surface area contributed by atoms with Crippen LogP contribution in [0.25, 0.3) is 11.0 Å². The second-order valence-electron chi connectivity index (χ2n) is 14.8. The van der Waals surface area contributed by atoms with Crippen LogP contribution < -0.4 is 13.7 Å². The molecule has 14 heteroatoms. The standard InChI is InChI=1S/C46H49ClN4O8S/c1-5-57-44(52)26-41(40-18-19-42-46(32(40)3)48-49-51(42)21-9-10-22-56-29-34-13-15-38(55-4)16-14-34)35-23-31(2)45(47)37(24-35)28-50-27-36-25-39(17-20-43(36)59-60(50,53)54)58-30-33-11-7-6-8-12-33/h6-8,11-20,23-25,41H,5,9-10,21-22,26-30H2,1-4H3. The fraction of sp³-hybridized carbons (Fsp3) is 0.326. The number of ether oxygens (including phenoxy) is 4. The van der Waals surface area contributed by atoms with Crippen LogP contribution in [0.15, 0.2) is 97.1 Å². The Kier molecular flexibility index (Phi) is 13.7. The molecule has 0 saturated carbocycles. The van der Waals surface area contributed by atoms with E-state index >= 15 is 0 Å². The number of halogens is 1. The maximum Gasteiger partial charge on any atom is 0.385 e. The lowest BCUT2D eigenvalue weighted by Crippen LogP contribution is -2.37. The van der Waals surface area contributed by atoms with Crippen molar-refractivity contribution in [2.24, 2.45) is 0 Å². The lowest BCUT2D eigenvalue weighted by molar-refractivity contribution is -0.143. The van der Waals surface area contributed by atoms with E-state index in [1.54, 1.807) is 32.2 Å². The van der Waals surface area contributed by atoms with Crippen molar-refractivity contribution >= 4 is 38.9 Å². The molecular formula is C46H49ClN4O8S. The number of fused-ring (bicyclic) bond motifs is 2. The smallest absolute Gasteiger partial charge is 0.385 e. The maximum atomic E-state index is 13.5. The van der Waals surface area contributed by atoms with Crippen LogP contribution in [0, 0.1) is 13.8 Å². The number of esters is 1. The molecule has 1 unspecified atom stereocenters. The minimum Gasteiger partial charge on any atom is -0.497 e. The molecule has 60 heavy (non-hydrogen) atoms. The van der Waals surface area contributed by atoms with Crippen LogP contribution in [-0.4, -0.2) is 54.0 Å². The van der Waals surface area contributed by atoms with Crippen molar-refractivity contribution in [1.82, 2.24) is 19.3 Å². The van der Waals surface area contributed by atoms with Gasteiger partial charge in [0, 0.05) is 42.7 Å². The van der Waals surface area contributed by atoms with Gasteiger partial charge in [0.25, 0.3) is 0 Å². The number of unbranched alkanes of at least 4 members (excludes halogenated alkanes) is 1. The summed E-state index contributed by atoms with van der Waals surface area (Å²) in [6.07, 6.45) is 1.76. The fourth-order valence-corrected chi connectivity index (χ4v) is 8.70. The Morgan fingerprint density at radius 2 is 1.68 bits per heavy atom. The van der Waals surface area contributed by atoms with E-state index in [4.69, 9.17) is 34.7 Å². The largest absolute Gasteiger partial charge is 0.497 e. The highest BCUT2D eigenvalue weighted by molar-refractivity contribution is 7.84. The minimum atomic E-state index is -4.17. The average Bonchev–Trinajstić information content (AvgIpc) is 3.66. The van der Waals surface area contributed by atoms with E-state index in [1.165, 1.54) is 4.31 Å². The number of methoxy groups -OCH3 is 1. The number of carbonyl (C=O) groups is 1. The average molecular weight is 853 g/mol. The van der Waals surface area contributed by atoms with Gasteiger partial charge in [-0.2, -0.15) is 12.7 Å². The molecule has 1 atom stereocenters. The van der Waals surface area contributed by atoms with Crippen molar-refractivity contribution in [3.63, 3.8) is 0 Å². The molecule has 0 spiro atoms. The molecule has 6 aromatic rings. The summed E-state index contributed by atoms with van der Waals surface area (Å²) >= 11 is 6.92. The molecule has 0 radical (unpaired) electrons. The van der Waals surface area contributed by atoms with Crippen LogP contribution in [0.5, 0.6) is 17.2 Å². The van der Waals surface area contributed by atoms with Crippen LogP contribution in [0.2, 0.25) is 5.02 Å². The van der Waals surface area contributed by atoms with Crippen molar-refractivity contribution in [3.05, 3.63) is 147 Å². The maximum absolute atomic E-state index is 13.5. The van der Waals surface area contributed by atoms with Gasteiger partial charge in [0.05, 0.1) is 32.3 Å². The number of aromatic nitrogens is 3.